The molecule has 1 atom stereocenters. The molecule has 1 N–H and O–H groups in total. The van der Waals surface area contributed by atoms with Gasteiger partial charge >= 0.3 is 6.09 Å². The van der Waals surface area contributed by atoms with Crippen molar-refractivity contribution in [1.82, 2.24) is 4.90 Å². The maximum atomic E-state index is 12.3. The van der Waals surface area contributed by atoms with Gasteiger partial charge in [-0.2, -0.15) is 5.26 Å². The maximum Gasteiger partial charge on any atom is 0.410 e. The highest BCUT2D eigenvalue weighted by atomic mass is 35.5. The lowest BCUT2D eigenvalue weighted by Crippen LogP contribution is -2.42. The summed E-state index contributed by atoms with van der Waals surface area (Å²) in [6, 6.07) is 7.25. The van der Waals surface area contributed by atoms with Crippen LogP contribution in [0.3, 0.4) is 0 Å². The quantitative estimate of drug-likeness (QED) is 0.905. The second-order valence-corrected chi connectivity index (χ2v) is 7.06. The zero-order chi connectivity index (χ0) is 17.0. The molecule has 0 aliphatic carbocycles. The van der Waals surface area contributed by atoms with E-state index >= 15 is 0 Å². The van der Waals surface area contributed by atoms with Gasteiger partial charge in [0, 0.05) is 13.1 Å². The molecule has 2 rings (SSSR count). The average molecular weight is 336 g/mol. The number of likely N-dealkylation sites (tertiary alicyclic amines) is 1. The minimum absolute atomic E-state index is 0.0617. The molecular formula is C17H22ClN3O2. The van der Waals surface area contributed by atoms with E-state index in [0.717, 1.165) is 12.8 Å². The summed E-state index contributed by atoms with van der Waals surface area (Å²) in [5, 5.41) is 12.8. The van der Waals surface area contributed by atoms with E-state index < -0.39 is 5.60 Å². The third-order valence-electron chi connectivity index (χ3n) is 3.63. The number of amides is 1. The summed E-state index contributed by atoms with van der Waals surface area (Å²) in [6.07, 6.45) is 1.60. The van der Waals surface area contributed by atoms with Crippen LogP contribution in [0.2, 0.25) is 5.02 Å². The lowest BCUT2D eigenvalue weighted by atomic mass is 10.2. The molecule has 124 valence electrons. The van der Waals surface area contributed by atoms with Crippen LogP contribution >= 0.6 is 11.6 Å². The van der Waals surface area contributed by atoms with Gasteiger partial charge in [0.1, 0.15) is 5.60 Å². The number of halogens is 1. The van der Waals surface area contributed by atoms with Crippen molar-refractivity contribution in [3.63, 3.8) is 0 Å². The van der Waals surface area contributed by atoms with E-state index in [2.05, 4.69) is 11.4 Å². The Morgan fingerprint density at radius 2 is 2.26 bits per heavy atom. The van der Waals surface area contributed by atoms with E-state index in [-0.39, 0.29) is 12.1 Å². The maximum absolute atomic E-state index is 12.3. The second-order valence-electron chi connectivity index (χ2n) is 6.66. The first kappa shape index (κ1) is 17.4. The number of hydrogen-bond acceptors (Lipinski definition) is 4. The summed E-state index contributed by atoms with van der Waals surface area (Å²) in [5.74, 6) is 0. The molecule has 1 unspecified atom stereocenters. The standard InChI is InChI=1S/C17H22ClN3O2/c1-17(2,3)23-16(22)21-8-4-5-13(21)11-20-15-9-12(10-19)6-7-14(15)18/h6-7,9,13,20H,4-5,8,11H2,1-3H3. The Morgan fingerprint density at radius 3 is 2.91 bits per heavy atom. The number of rotatable bonds is 3. The van der Waals surface area contributed by atoms with E-state index in [4.69, 9.17) is 21.6 Å². The number of anilines is 1. The van der Waals surface area contributed by atoms with Crippen molar-refractivity contribution >= 4 is 23.4 Å². The molecular weight excluding hydrogens is 314 g/mol. The van der Waals surface area contributed by atoms with Gasteiger partial charge in [-0.25, -0.2) is 4.79 Å². The van der Waals surface area contributed by atoms with Crippen molar-refractivity contribution in [1.29, 1.82) is 5.26 Å². The molecule has 0 bridgehead atoms. The summed E-state index contributed by atoms with van der Waals surface area (Å²) in [5.41, 5.74) is 0.760. The predicted octanol–water partition coefficient (Wildman–Crippen LogP) is 4.02. The Labute approximate surface area is 142 Å². The first-order chi connectivity index (χ1) is 10.8. The van der Waals surface area contributed by atoms with Crippen molar-refractivity contribution in [2.24, 2.45) is 0 Å². The topological polar surface area (TPSA) is 65.4 Å². The third kappa shape index (κ3) is 4.77. The lowest BCUT2D eigenvalue weighted by Gasteiger charge is -2.29. The van der Waals surface area contributed by atoms with Crippen LogP contribution in [0.5, 0.6) is 0 Å². The van der Waals surface area contributed by atoms with Crippen LogP contribution in [0.4, 0.5) is 10.5 Å². The van der Waals surface area contributed by atoms with E-state index in [0.29, 0.717) is 29.4 Å². The average Bonchev–Trinajstić information content (AvgIpc) is 2.93. The lowest BCUT2D eigenvalue weighted by molar-refractivity contribution is 0.0235. The highest BCUT2D eigenvalue weighted by Crippen LogP contribution is 2.25. The minimum Gasteiger partial charge on any atom is -0.444 e. The predicted molar refractivity (Wildman–Crippen MR) is 90.6 cm³/mol. The van der Waals surface area contributed by atoms with Gasteiger partial charge in [-0.05, 0) is 51.8 Å². The SMILES string of the molecule is CC(C)(C)OC(=O)N1CCCC1CNc1cc(C#N)ccc1Cl. The monoisotopic (exact) mass is 335 g/mol. The number of nitrogens with one attached hydrogen (secondary N) is 1. The number of nitrogens with zero attached hydrogens (tertiary/aromatic N) is 2. The number of benzene rings is 1. The van der Waals surface area contributed by atoms with Crippen LogP contribution in [0.1, 0.15) is 39.2 Å². The number of nitriles is 1. The molecule has 1 aromatic carbocycles. The first-order valence-electron chi connectivity index (χ1n) is 7.73. The number of hydrogen-bond donors (Lipinski definition) is 1. The highest BCUT2D eigenvalue weighted by Gasteiger charge is 2.32. The van der Waals surface area contributed by atoms with Crippen molar-refractivity contribution < 1.29 is 9.53 Å². The summed E-state index contributed by atoms with van der Waals surface area (Å²) < 4.78 is 5.45. The van der Waals surface area contributed by atoms with Crippen LogP contribution in [-0.2, 0) is 4.74 Å². The van der Waals surface area contributed by atoms with E-state index in [1.807, 2.05) is 20.8 Å². The molecule has 1 aliphatic rings. The van der Waals surface area contributed by atoms with Crippen molar-refractivity contribution in [3.05, 3.63) is 28.8 Å². The minimum atomic E-state index is -0.498. The zero-order valence-corrected chi connectivity index (χ0v) is 14.5. The molecule has 0 radical (unpaired) electrons. The molecule has 5 nitrogen and oxygen atoms in total. The molecule has 1 amide bonds. The fourth-order valence-electron chi connectivity index (χ4n) is 2.57. The van der Waals surface area contributed by atoms with Gasteiger partial charge < -0.3 is 15.0 Å². The van der Waals surface area contributed by atoms with Crippen molar-refractivity contribution in [3.8, 4) is 6.07 Å². The van der Waals surface area contributed by atoms with Crippen molar-refractivity contribution in [2.45, 2.75) is 45.3 Å². The number of carbonyl (C=O) groups excluding carboxylic acids is 1. The number of carbonyl (C=O) groups is 1. The Bertz CT molecular complexity index is 619. The summed E-state index contributed by atoms with van der Waals surface area (Å²) >= 11 is 6.15. The highest BCUT2D eigenvalue weighted by molar-refractivity contribution is 6.33. The Kier molecular flexibility index (Phi) is 5.38. The van der Waals surface area contributed by atoms with Gasteiger partial charge in [0.2, 0.25) is 0 Å². The van der Waals surface area contributed by atoms with E-state index in [9.17, 15) is 4.79 Å². The van der Waals surface area contributed by atoms with Crippen LogP contribution in [0.25, 0.3) is 0 Å². The van der Waals surface area contributed by atoms with E-state index in [1.54, 1.807) is 23.1 Å². The Balaban J connectivity index is 2.00. The largest absolute Gasteiger partial charge is 0.444 e. The smallest absolute Gasteiger partial charge is 0.410 e. The normalized spacial score (nSPS) is 17.7. The Morgan fingerprint density at radius 1 is 1.52 bits per heavy atom. The molecule has 0 spiro atoms. The molecule has 1 aliphatic heterocycles. The van der Waals surface area contributed by atoms with Gasteiger partial charge in [0.25, 0.3) is 0 Å². The molecule has 6 heteroatoms. The summed E-state index contributed by atoms with van der Waals surface area (Å²) in [7, 11) is 0. The second kappa shape index (κ2) is 7.10. The fourth-order valence-corrected chi connectivity index (χ4v) is 2.75. The van der Waals surface area contributed by atoms with Crippen LogP contribution in [0, 0.1) is 11.3 Å². The van der Waals surface area contributed by atoms with Gasteiger partial charge in [0.05, 0.1) is 28.4 Å². The molecule has 23 heavy (non-hydrogen) atoms. The fraction of sp³-hybridized carbons (Fsp3) is 0.529. The van der Waals surface area contributed by atoms with Crippen molar-refractivity contribution in [2.75, 3.05) is 18.4 Å². The molecule has 0 saturated carbocycles. The first-order valence-corrected chi connectivity index (χ1v) is 8.11. The van der Waals surface area contributed by atoms with Crippen LogP contribution in [0.15, 0.2) is 18.2 Å². The third-order valence-corrected chi connectivity index (χ3v) is 3.96. The van der Waals surface area contributed by atoms with Gasteiger partial charge in [-0.1, -0.05) is 11.6 Å². The number of ether oxygens (including phenoxy) is 1. The Hall–Kier alpha value is -1.93. The van der Waals surface area contributed by atoms with E-state index in [1.165, 1.54) is 0 Å². The molecule has 1 fully saturated rings. The van der Waals surface area contributed by atoms with Crippen LogP contribution in [-0.4, -0.2) is 35.7 Å². The molecule has 1 saturated heterocycles. The molecule has 1 aromatic rings. The molecule has 0 aromatic heterocycles. The molecule has 1 heterocycles. The zero-order valence-electron chi connectivity index (χ0n) is 13.7. The van der Waals surface area contributed by atoms with Gasteiger partial charge in [0.15, 0.2) is 0 Å². The van der Waals surface area contributed by atoms with Gasteiger partial charge in [-0.15, -0.1) is 0 Å². The summed E-state index contributed by atoms with van der Waals surface area (Å²) in [4.78, 5) is 14.0. The van der Waals surface area contributed by atoms with Gasteiger partial charge in [-0.3, -0.25) is 0 Å². The summed E-state index contributed by atoms with van der Waals surface area (Å²) in [6.45, 7) is 6.87. The van der Waals surface area contributed by atoms with Crippen LogP contribution < -0.4 is 5.32 Å².